The monoisotopic (exact) mass is 753 g/mol. The highest BCUT2D eigenvalue weighted by Crippen LogP contribution is 2.63. The van der Waals surface area contributed by atoms with Crippen molar-refractivity contribution in [1.82, 2.24) is 0 Å². The lowest BCUT2D eigenvalue weighted by molar-refractivity contribution is -0.00529. The van der Waals surface area contributed by atoms with Gasteiger partial charge in [-0.15, -0.1) is 0 Å². The molecule has 6 aromatic rings. The van der Waals surface area contributed by atoms with Crippen LogP contribution in [0.1, 0.15) is 110 Å². The molecular formula is C57H55N. The number of fused-ring (bicyclic) bond motifs is 3. The van der Waals surface area contributed by atoms with Crippen molar-refractivity contribution in [2.45, 2.75) is 93.3 Å². The van der Waals surface area contributed by atoms with E-state index in [1.165, 1.54) is 127 Å². The Labute approximate surface area is 345 Å². The molecule has 8 fully saturated rings. The Morgan fingerprint density at radius 2 is 0.741 bits per heavy atom. The van der Waals surface area contributed by atoms with E-state index in [1.807, 2.05) is 0 Å². The van der Waals surface area contributed by atoms with Gasteiger partial charge in [-0.25, -0.2) is 0 Å². The zero-order valence-corrected chi connectivity index (χ0v) is 33.8. The number of hydrogen-bond acceptors (Lipinski definition) is 1. The Hall–Kier alpha value is -4.88. The van der Waals surface area contributed by atoms with Gasteiger partial charge in [0.25, 0.3) is 0 Å². The largest absolute Gasteiger partial charge is 0.310 e. The van der Waals surface area contributed by atoms with E-state index in [1.54, 1.807) is 11.1 Å². The molecule has 8 saturated carbocycles. The molecule has 15 rings (SSSR count). The summed E-state index contributed by atoms with van der Waals surface area (Å²) in [5, 5.41) is 0. The lowest BCUT2D eigenvalue weighted by Crippen LogP contribution is -2.48. The molecule has 0 amide bonds. The minimum atomic E-state index is -0.430. The quantitative estimate of drug-likeness (QED) is 0.157. The Balaban J connectivity index is 0.990. The van der Waals surface area contributed by atoms with Crippen LogP contribution in [-0.2, 0) is 16.2 Å². The van der Waals surface area contributed by atoms with E-state index in [0.717, 1.165) is 35.5 Å². The molecule has 1 heteroatoms. The molecule has 9 aliphatic rings. The highest BCUT2D eigenvalue weighted by atomic mass is 15.1. The van der Waals surface area contributed by atoms with Crippen molar-refractivity contribution in [1.29, 1.82) is 0 Å². The first-order valence-corrected chi connectivity index (χ1v) is 22.9. The highest BCUT2D eigenvalue weighted by molar-refractivity contribution is 5.97. The van der Waals surface area contributed by atoms with Crippen LogP contribution in [0, 0.1) is 35.5 Å². The van der Waals surface area contributed by atoms with Crippen LogP contribution in [0.15, 0.2) is 152 Å². The van der Waals surface area contributed by atoms with E-state index in [4.69, 9.17) is 0 Å². The van der Waals surface area contributed by atoms with Crippen molar-refractivity contribution in [3.63, 3.8) is 0 Å². The normalized spacial score (nSPS) is 31.6. The lowest BCUT2D eigenvalue weighted by Gasteiger charge is -2.57. The van der Waals surface area contributed by atoms with Crippen LogP contribution < -0.4 is 4.90 Å². The van der Waals surface area contributed by atoms with Gasteiger partial charge in [-0.2, -0.15) is 0 Å². The second-order valence-corrected chi connectivity index (χ2v) is 20.6. The van der Waals surface area contributed by atoms with Crippen LogP contribution in [0.3, 0.4) is 0 Å². The molecule has 58 heavy (non-hydrogen) atoms. The zero-order chi connectivity index (χ0) is 38.1. The minimum Gasteiger partial charge on any atom is -0.310 e. The molecule has 0 aromatic heterocycles. The van der Waals surface area contributed by atoms with Gasteiger partial charge in [0, 0.05) is 16.9 Å². The molecular weight excluding hydrogens is 699 g/mol. The number of anilines is 3. The average Bonchev–Trinajstić information content (AvgIpc) is 3.56. The molecule has 0 N–H and O–H groups in total. The zero-order valence-electron chi connectivity index (χ0n) is 33.8. The van der Waals surface area contributed by atoms with Gasteiger partial charge >= 0.3 is 0 Å². The van der Waals surface area contributed by atoms with Crippen LogP contribution in [0.4, 0.5) is 17.1 Å². The van der Waals surface area contributed by atoms with E-state index in [0.29, 0.717) is 10.8 Å². The SMILES string of the molecule is c1ccc(C2(c3ccccc3)c3ccccc3-c3c(N(c4ccc(C56CC7CC(CC(C7)C5)C6)cc4)c4ccc(C56CC7CC(CC(C7)C5)C6)cc4)cccc32)cc1. The highest BCUT2D eigenvalue weighted by Gasteiger charge is 2.53. The molecule has 1 nitrogen and oxygen atoms in total. The first-order chi connectivity index (χ1) is 28.6. The van der Waals surface area contributed by atoms with E-state index in [2.05, 4.69) is 157 Å². The van der Waals surface area contributed by atoms with Crippen molar-refractivity contribution < 1.29 is 0 Å². The smallest absolute Gasteiger partial charge is 0.0714 e. The fraction of sp³-hybridized carbons (Fsp3) is 0.368. The second-order valence-electron chi connectivity index (χ2n) is 20.6. The van der Waals surface area contributed by atoms with Gasteiger partial charge in [0.15, 0.2) is 0 Å². The van der Waals surface area contributed by atoms with Crippen molar-refractivity contribution >= 4 is 17.1 Å². The Morgan fingerprint density at radius 3 is 1.19 bits per heavy atom. The molecule has 0 spiro atoms. The second kappa shape index (κ2) is 12.6. The third-order valence-electron chi connectivity index (χ3n) is 17.3. The third-order valence-corrected chi connectivity index (χ3v) is 17.3. The third kappa shape index (κ3) is 4.89. The predicted molar refractivity (Wildman–Crippen MR) is 238 cm³/mol. The fourth-order valence-corrected chi connectivity index (χ4v) is 15.9. The number of nitrogens with zero attached hydrogens (tertiary/aromatic N) is 1. The first kappa shape index (κ1) is 34.0. The molecule has 0 atom stereocenters. The standard InChI is InChI=1S/C57H55N/c1-3-10-46(11-4-1)57(47-12-5-2-6-13-47)51-15-8-7-14-50(51)54-52(57)16-9-17-53(54)58(48-22-18-44(19-23-48)55-32-38-26-39(33-55)28-40(27-38)34-55)49-24-20-45(21-25-49)56-35-41-29-42(36-56)31-43(30-41)37-56/h1-25,38-43H,26-37H2. The van der Waals surface area contributed by atoms with Gasteiger partial charge in [-0.05, 0) is 193 Å². The summed E-state index contributed by atoms with van der Waals surface area (Å²) in [4.78, 5) is 2.62. The van der Waals surface area contributed by atoms with Crippen molar-refractivity contribution in [3.05, 3.63) is 185 Å². The molecule has 0 saturated heterocycles. The lowest BCUT2D eigenvalue weighted by atomic mass is 9.48. The molecule has 0 aliphatic heterocycles. The van der Waals surface area contributed by atoms with Gasteiger partial charge in [0.1, 0.15) is 0 Å². The molecule has 0 unspecified atom stereocenters. The van der Waals surface area contributed by atoms with E-state index in [-0.39, 0.29) is 0 Å². The van der Waals surface area contributed by atoms with Crippen molar-refractivity contribution in [2.24, 2.45) is 35.5 Å². The van der Waals surface area contributed by atoms with Crippen LogP contribution in [-0.4, -0.2) is 0 Å². The van der Waals surface area contributed by atoms with Crippen LogP contribution in [0.25, 0.3) is 11.1 Å². The summed E-state index contributed by atoms with van der Waals surface area (Å²) in [6.07, 6.45) is 17.3. The molecule has 0 radical (unpaired) electrons. The van der Waals surface area contributed by atoms with Gasteiger partial charge in [0.2, 0.25) is 0 Å². The maximum atomic E-state index is 2.62. The maximum absolute atomic E-state index is 2.62. The molecule has 288 valence electrons. The van der Waals surface area contributed by atoms with Gasteiger partial charge < -0.3 is 4.90 Å². The summed E-state index contributed by atoms with van der Waals surface area (Å²) in [7, 11) is 0. The topological polar surface area (TPSA) is 3.24 Å². The summed E-state index contributed by atoms with van der Waals surface area (Å²) in [6, 6.07) is 59.1. The van der Waals surface area contributed by atoms with Crippen molar-refractivity contribution in [2.75, 3.05) is 4.90 Å². The Morgan fingerprint density at radius 1 is 0.345 bits per heavy atom. The average molecular weight is 754 g/mol. The summed E-state index contributed by atoms with van der Waals surface area (Å²) < 4.78 is 0. The number of rotatable bonds is 7. The summed E-state index contributed by atoms with van der Waals surface area (Å²) >= 11 is 0. The summed E-state index contributed by atoms with van der Waals surface area (Å²) in [5.41, 5.74) is 15.4. The Bertz CT molecular complexity index is 2310. The first-order valence-electron chi connectivity index (χ1n) is 22.9. The molecule has 0 heterocycles. The minimum absolute atomic E-state index is 0.384. The van der Waals surface area contributed by atoms with Gasteiger partial charge in [-0.1, -0.05) is 121 Å². The van der Waals surface area contributed by atoms with E-state index >= 15 is 0 Å². The van der Waals surface area contributed by atoms with Crippen molar-refractivity contribution in [3.8, 4) is 11.1 Å². The number of hydrogen-bond donors (Lipinski definition) is 0. The van der Waals surface area contributed by atoms with Gasteiger partial charge in [0.05, 0.1) is 11.1 Å². The molecule has 6 aromatic carbocycles. The summed E-state index contributed by atoms with van der Waals surface area (Å²) in [6.45, 7) is 0. The van der Waals surface area contributed by atoms with E-state index < -0.39 is 5.41 Å². The van der Waals surface area contributed by atoms with E-state index in [9.17, 15) is 0 Å². The fourth-order valence-electron chi connectivity index (χ4n) is 15.9. The maximum Gasteiger partial charge on any atom is 0.0714 e. The number of benzene rings is 6. The Kier molecular flexibility index (Phi) is 7.37. The van der Waals surface area contributed by atoms with Crippen LogP contribution >= 0.6 is 0 Å². The molecule has 8 bridgehead atoms. The predicted octanol–water partition coefficient (Wildman–Crippen LogP) is 14.5. The summed E-state index contributed by atoms with van der Waals surface area (Å²) in [5.74, 6) is 5.65. The van der Waals surface area contributed by atoms with Crippen LogP contribution in [0.2, 0.25) is 0 Å². The molecule has 9 aliphatic carbocycles. The van der Waals surface area contributed by atoms with Gasteiger partial charge in [-0.3, -0.25) is 0 Å². The van der Waals surface area contributed by atoms with Crippen LogP contribution in [0.5, 0.6) is 0 Å².